The standard InChI is InChI=1S/C15H15N3O3/c1-21-15(20)12(9-11-5-3-2-4-6-11)18-14(19)13-10-16-7-8-17-13/h2-8,10,12H,9H2,1H3,(H,18,19)/t12-/m1/s1. The highest BCUT2D eigenvalue weighted by Crippen LogP contribution is 2.05. The molecule has 6 heteroatoms. The molecule has 6 nitrogen and oxygen atoms in total. The van der Waals surface area contributed by atoms with Gasteiger partial charge in [0.15, 0.2) is 0 Å². The second kappa shape index (κ2) is 7.14. The van der Waals surface area contributed by atoms with Crippen LogP contribution in [0.2, 0.25) is 0 Å². The molecule has 0 bridgehead atoms. The van der Waals surface area contributed by atoms with E-state index in [0.717, 1.165) is 5.56 Å². The number of carbonyl (C=O) groups is 2. The lowest BCUT2D eigenvalue weighted by Crippen LogP contribution is -2.43. The first-order chi connectivity index (χ1) is 10.2. The molecule has 0 saturated carbocycles. The predicted octanol–water partition coefficient (Wildman–Crippen LogP) is 0.991. The molecule has 0 saturated heterocycles. The van der Waals surface area contributed by atoms with Crippen LogP contribution in [-0.4, -0.2) is 35.0 Å². The number of amides is 1. The highest BCUT2D eigenvalue weighted by atomic mass is 16.5. The second-order valence-corrected chi connectivity index (χ2v) is 4.33. The first-order valence-corrected chi connectivity index (χ1v) is 6.39. The van der Waals surface area contributed by atoms with E-state index in [1.165, 1.54) is 25.7 Å². The summed E-state index contributed by atoms with van der Waals surface area (Å²) in [5.41, 5.74) is 1.08. The summed E-state index contributed by atoms with van der Waals surface area (Å²) in [7, 11) is 1.29. The first kappa shape index (κ1) is 14.6. The van der Waals surface area contributed by atoms with E-state index in [0.29, 0.717) is 6.42 Å². The van der Waals surface area contributed by atoms with Crippen molar-refractivity contribution in [2.24, 2.45) is 0 Å². The van der Waals surface area contributed by atoms with Gasteiger partial charge in [0, 0.05) is 18.8 Å². The zero-order chi connectivity index (χ0) is 15.1. The van der Waals surface area contributed by atoms with Crippen LogP contribution in [0.3, 0.4) is 0 Å². The molecule has 1 aromatic heterocycles. The molecule has 2 aromatic rings. The number of rotatable bonds is 5. The summed E-state index contributed by atoms with van der Waals surface area (Å²) in [4.78, 5) is 31.6. The third-order valence-corrected chi connectivity index (χ3v) is 2.87. The van der Waals surface area contributed by atoms with Crippen LogP contribution in [0.25, 0.3) is 0 Å². The Hall–Kier alpha value is -2.76. The lowest BCUT2D eigenvalue weighted by atomic mass is 10.1. The zero-order valence-corrected chi connectivity index (χ0v) is 11.5. The van der Waals surface area contributed by atoms with Gasteiger partial charge in [-0.25, -0.2) is 9.78 Å². The van der Waals surface area contributed by atoms with Crippen molar-refractivity contribution in [2.45, 2.75) is 12.5 Å². The maximum absolute atomic E-state index is 12.0. The minimum absolute atomic E-state index is 0.152. The fourth-order valence-electron chi connectivity index (χ4n) is 1.83. The number of nitrogens with one attached hydrogen (secondary N) is 1. The van der Waals surface area contributed by atoms with Crippen molar-refractivity contribution in [2.75, 3.05) is 7.11 Å². The van der Waals surface area contributed by atoms with Crippen molar-refractivity contribution in [3.05, 3.63) is 60.2 Å². The molecular formula is C15H15N3O3. The Labute approximate surface area is 122 Å². The van der Waals surface area contributed by atoms with Gasteiger partial charge in [0.05, 0.1) is 13.3 Å². The van der Waals surface area contributed by atoms with E-state index in [-0.39, 0.29) is 5.69 Å². The van der Waals surface area contributed by atoms with Gasteiger partial charge in [0.2, 0.25) is 0 Å². The van der Waals surface area contributed by atoms with Gasteiger partial charge in [-0.05, 0) is 5.56 Å². The molecule has 1 N–H and O–H groups in total. The SMILES string of the molecule is COC(=O)[C@@H](Cc1ccccc1)NC(=O)c1cnccn1. The Morgan fingerprint density at radius 3 is 2.62 bits per heavy atom. The van der Waals surface area contributed by atoms with Crippen LogP contribution in [0.1, 0.15) is 16.1 Å². The molecule has 1 amide bonds. The number of ether oxygens (including phenoxy) is 1. The molecule has 1 aromatic carbocycles. The fraction of sp³-hybridized carbons (Fsp3) is 0.200. The number of hydrogen-bond acceptors (Lipinski definition) is 5. The van der Waals surface area contributed by atoms with E-state index < -0.39 is 17.9 Å². The third-order valence-electron chi connectivity index (χ3n) is 2.87. The summed E-state index contributed by atoms with van der Waals surface area (Å²) < 4.78 is 4.73. The van der Waals surface area contributed by atoms with E-state index in [9.17, 15) is 9.59 Å². The second-order valence-electron chi connectivity index (χ2n) is 4.33. The summed E-state index contributed by atoms with van der Waals surface area (Å²) in [5.74, 6) is -0.967. The van der Waals surface area contributed by atoms with E-state index in [1.54, 1.807) is 0 Å². The van der Waals surface area contributed by atoms with Crippen LogP contribution < -0.4 is 5.32 Å². The van der Waals surface area contributed by atoms with Crippen LogP contribution in [0.15, 0.2) is 48.9 Å². The van der Waals surface area contributed by atoms with E-state index in [1.807, 2.05) is 30.3 Å². The topological polar surface area (TPSA) is 81.2 Å². The van der Waals surface area contributed by atoms with Crippen molar-refractivity contribution in [3.63, 3.8) is 0 Å². The van der Waals surface area contributed by atoms with Crippen LogP contribution in [0.5, 0.6) is 0 Å². The van der Waals surface area contributed by atoms with Gasteiger partial charge < -0.3 is 10.1 Å². The Morgan fingerprint density at radius 2 is 2.00 bits per heavy atom. The minimum Gasteiger partial charge on any atom is -0.467 e. The van der Waals surface area contributed by atoms with Gasteiger partial charge in [-0.2, -0.15) is 0 Å². The maximum atomic E-state index is 12.0. The number of nitrogens with zero attached hydrogens (tertiary/aromatic N) is 2. The lowest BCUT2D eigenvalue weighted by molar-refractivity contribution is -0.142. The molecule has 0 aliphatic rings. The molecule has 108 valence electrons. The molecular weight excluding hydrogens is 270 g/mol. The van der Waals surface area contributed by atoms with Crippen molar-refractivity contribution in [1.29, 1.82) is 0 Å². The fourth-order valence-corrected chi connectivity index (χ4v) is 1.83. The van der Waals surface area contributed by atoms with Crippen molar-refractivity contribution in [1.82, 2.24) is 15.3 Å². The highest BCUT2D eigenvalue weighted by Gasteiger charge is 2.23. The maximum Gasteiger partial charge on any atom is 0.328 e. The Balaban J connectivity index is 2.10. The number of benzene rings is 1. The van der Waals surface area contributed by atoms with Crippen LogP contribution in [0, 0.1) is 0 Å². The Bertz CT molecular complexity index is 602. The number of carbonyl (C=O) groups excluding carboxylic acids is 2. The molecule has 1 heterocycles. The normalized spacial score (nSPS) is 11.5. The molecule has 1 atom stereocenters. The molecule has 0 aliphatic carbocycles. The van der Waals surface area contributed by atoms with Gasteiger partial charge in [-0.3, -0.25) is 9.78 Å². The van der Waals surface area contributed by atoms with Gasteiger partial charge in [0.25, 0.3) is 5.91 Å². The number of hydrogen-bond donors (Lipinski definition) is 1. The average Bonchev–Trinajstić information content (AvgIpc) is 2.55. The van der Waals surface area contributed by atoms with Crippen LogP contribution >= 0.6 is 0 Å². The molecule has 0 unspecified atom stereocenters. The highest BCUT2D eigenvalue weighted by molar-refractivity contribution is 5.94. The summed E-state index contributed by atoms with van der Waals surface area (Å²) in [5, 5.41) is 2.62. The molecule has 0 aliphatic heterocycles. The molecule has 0 fully saturated rings. The summed E-state index contributed by atoms with van der Waals surface area (Å²) in [6.45, 7) is 0. The van der Waals surface area contributed by atoms with E-state index in [2.05, 4.69) is 15.3 Å². The summed E-state index contributed by atoms with van der Waals surface area (Å²) in [6, 6.07) is 8.61. The van der Waals surface area contributed by atoms with Crippen molar-refractivity contribution in [3.8, 4) is 0 Å². The molecule has 0 spiro atoms. The summed E-state index contributed by atoms with van der Waals surface area (Å²) >= 11 is 0. The Kier molecular flexibility index (Phi) is 4.98. The lowest BCUT2D eigenvalue weighted by Gasteiger charge is -2.16. The van der Waals surface area contributed by atoms with E-state index in [4.69, 9.17) is 4.74 Å². The number of aromatic nitrogens is 2. The largest absolute Gasteiger partial charge is 0.467 e. The van der Waals surface area contributed by atoms with Gasteiger partial charge in [-0.15, -0.1) is 0 Å². The van der Waals surface area contributed by atoms with Crippen LogP contribution in [0.4, 0.5) is 0 Å². The molecule has 21 heavy (non-hydrogen) atoms. The third kappa shape index (κ3) is 4.10. The minimum atomic E-state index is -0.771. The summed E-state index contributed by atoms with van der Waals surface area (Å²) in [6.07, 6.45) is 4.57. The Morgan fingerprint density at radius 1 is 1.24 bits per heavy atom. The van der Waals surface area contributed by atoms with E-state index >= 15 is 0 Å². The number of methoxy groups -OCH3 is 1. The van der Waals surface area contributed by atoms with Gasteiger partial charge >= 0.3 is 5.97 Å². The van der Waals surface area contributed by atoms with Crippen molar-refractivity contribution >= 4 is 11.9 Å². The first-order valence-electron chi connectivity index (χ1n) is 6.39. The quantitative estimate of drug-likeness (QED) is 0.829. The monoisotopic (exact) mass is 285 g/mol. The average molecular weight is 285 g/mol. The zero-order valence-electron chi connectivity index (χ0n) is 11.5. The predicted molar refractivity (Wildman–Crippen MR) is 75.4 cm³/mol. The number of esters is 1. The smallest absolute Gasteiger partial charge is 0.328 e. The van der Waals surface area contributed by atoms with Crippen LogP contribution in [-0.2, 0) is 16.0 Å². The van der Waals surface area contributed by atoms with Gasteiger partial charge in [0.1, 0.15) is 11.7 Å². The van der Waals surface area contributed by atoms with Gasteiger partial charge in [-0.1, -0.05) is 30.3 Å². The van der Waals surface area contributed by atoms with Crippen molar-refractivity contribution < 1.29 is 14.3 Å². The molecule has 2 rings (SSSR count). The molecule has 0 radical (unpaired) electrons.